The van der Waals surface area contributed by atoms with E-state index < -0.39 is 38.8 Å². The molecule has 7 nitrogen and oxygen atoms in total. The molecule has 1 fully saturated rings. The maximum Gasteiger partial charge on any atom is 0.261 e. The summed E-state index contributed by atoms with van der Waals surface area (Å²) in [6, 6.07) is 41.5. The molecule has 0 spiro atoms. The Bertz CT molecular complexity index is 2160. The number of carbonyl (C=O) groups is 2. The molecule has 4 atom stereocenters. The number of amides is 2. The van der Waals surface area contributed by atoms with Crippen molar-refractivity contribution in [1.82, 2.24) is 4.90 Å². The van der Waals surface area contributed by atoms with Crippen LogP contribution >= 0.6 is 11.3 Å². The number of fused-ring (bicyclic) bond motifs is 1. The Morgan fingerprint density at radius 2 is 1.47 bits per heavy atom. The first-order chi connectivity index (χ1) is 27.5. The molecule has 0 bridgehead atoms. The molecule has 1 aliphatic carbocycles. The van der Waals surface area contributed by atoms with E-state index in [-0.39, 0.29) is 42.2 Å². The molecular weight excluding hydrogens is 747 g/mol. The number of phenolic OH excluding ortho intramolecular Hbond substituents is 1. The number of aliphatic hydroxyl groups excluding tert-OH is 2. The smallest absolute Gasteiger partial charge is 0.261 e. The Morgan fingerprint density at radius 3 is 2.04 bits per heavy atom. The number of rotatable bonds is 14. The topological polar surface area (TPSA) is 107 Å². The van der Waals surface area contributed by atoms with E-state index in [1.807, 2.05) is 96.4 Å². The zero-order valence-electron chi connectivity index (χ0n) is 32.8. The lowest BCUT2D eigenvalue weighted by atomic mass is 9.68. The van der Waals surface area contributed by atoms with Gasteiger partial charge in [0.25, 0.3) is 8.32 Å². The third-order valence-electron chi connectivity index (χ3n) is 11.7. The van der Waals surface area contributed by atoms with Crippen LogP contribution < -0.4 is 10.4 Å². The number of benzene rings is 4. The first-order valence-corrected chi connectivity index (χ1v) is 22.5. The summed E-state index contributed by atoms with van der Waals surface area (Å²) in [5, 5.41) is 37.4. The van der Waals surface area contributed by atoms with E-state index in [0.29, 0.717) is 18.4 Å². The highest BCUT2D eigenvalue weighted by Crippen LogP contribution is 2.48. The summed E-state index contributed by atoms with van der Waals surface area (Å²) in [6.45, 7) is 6.57. The molecule has 1 saturated heterocycles. The standard InChI is InChI=1S/C48H51NO6SSi/c1-48(2,3)57(39-17-9-5-10-18-39,40-19-11-6-12-20-40)55-32-36-29-41-45(47(54)49(46(41)53)30-38-16-13-27-56-38)42(31-50)44(36)43(52)26-23-35(34-14-7-4-8-15-34)28-33-21-24-37(51)25-22-33/h4-22,24-25,27-28,41-43,45,50-52H,23,26,29-32H2,1-3H3/b35-28-/t41-,42+,43-,45-/m1/s1. The summed E-state index contributed by atoms with van der Waals surface area (Å²) in [6.07, 6.45) is 2.09. The minimum Gasteiger partial charge on any atom is -0.508 e. The number of phenols is 1. The second-order valence-electron chi connectivity index (χ2n) is 16.2. The molecule has 0 saturated carbocycles. The van der Waals surface area contributed by atoms with E-state index in [0.717, 1.165) is 37.5 Å². The molecular formula is C48H51NO6SSi. The van der Waals surface area contributed by atoms with Crippen molar-refractivity contribution < 1.29 is 29.3 Å². The van der Waals surface area contributed by atoms with Gasteiger partial charge in [-0.25, -0.2) is 0 Å². The SMILES string of the molecule is CC(C)(C)[Si](OCC1=C([C@H](O)CC/C(=C/c2ccc(O)cc2)c2ccccc2)[C@H](CO)[C@@H]2C(=O)N(Cc3cccs3)C(=O)[C@@H]2C1)(c1ccccc1)c1ccccc1. The number of imide groups is 1. The molecule has 1 aliphatic heterocycles. The van der Waals surface area contributed by atoms with Gasteiger partial charge in [-0.15, -0.1) is 11.3 Å². The fraction of sp³-hybridized carbons (Fsp3) is 0.292. The number of likely N-dealkylation sites (tertiary alicyclic amines) is 1. The third-order valence-corrected chi connectivity index (χ3v) is 17.5. The quantitative estimate of drug-likeness (QED) is 0.0458. The lowest BCUT2D eigenvalue weighted by molar-refractivity contribution is -0.140. The molecule has 2 aliphatic rings. The van der Waals surface area contributed by atoms with E-state index in [4.69, 9.17) is 4.43 Å². The van der Waals surface area contributed by atoms with Crippen molar-refractivity contribution in [2.45, 2.75) is 57.7 Å². The van der Waals surface area contributed by atoms with Crippen LogP contribution in [-0.2, 0) is 20.6 Å². The predicted octanol–water partition coefficient (Wildman–Crippen LogP) is 7.82. The summed E-state index contributed by atoms with van der Waals surface area (Å²) < 4.78 is 7.43. The van der Waals surface area contributed by atoms with Crippen LogP contribution in [-0.4, -0.2) is 59.7 Å². The van der Waals surface area contributed by atoms with Crippen LogP contribution in [0.3, 0.4) is 0 Å². The second-order valence-corrected chi connectivity index (χ2v) is 21.5. The molecule has 9 heteroatoms. The van der Waals surface area contributed by atoms with Gasteiger partial charge in [0.15, 0.2) is 0 Å². The number of thiophene rings is 1. The Labute approximate surface area is 340 Å². The van der Waals surface area contributed by atoms with E-state index in [1.165, 1.54) is 16.2 Å². The Balaban J connectivity index is 1.29. The number of allylic oxidation sites excluding steroid dienone is 1. The van der Waals surface area contributed by atoms with Crippen LogP contribution in [0.15, 0.2) is 144 Å². The molecule has 294 valence electrons. The summed E-state index contributed by atoms with van der Waals surface area (Å²) >= 11 is 1.50. The van der Waals surface area contributed by atoms with Gasteiger partial charge in [0.1, 0.15) is 5.75 Å². The normalized spacial score (nSPS) is 19.6. The summed E-state index contributed by atoms with van der Waals surface area (Å²) in [7, 11) is -3.04. The molecule has 3 N–H and O–H groups in total. The highest BCUT2D eigenvalue weighted by atomic mass is 32.1. The van der Waals surface area contributed by atoms with Crippen molar-refractivity contribution in [3.05, 3.63) is 160 Å². The number of aromatic hydroxyl groups is 1. The zero-order chi connectivity index (χ0) is 40.2. The van der Waals surface area contributed by atoms with Gasteiger partial charge >= 0.3 is 0 Å². The van der Waals surface area contributed by atoms with Gasteiger partial charge in [-0.1, -0.05) is 136 Å². The van der Waals surface area contributed by atoms with Gasteiger partial charge in [-0.2, -0.15) is 0 Å². The van der Waals surface area contributed by atoms with Gasteiger partial charge in [-0.3, -0.25) is 14.5 Å². The zero-order valence-corrected chi connectivity index (χ0v) is 34.6. The van der Waals surface area contributed by atoms with Crippen molar-refractivity contribution in [2.75, 3.05) is 13.2 Å². The fourth-order valence-corrected chi connectivity index (χ4v) is 14.2. The number of hydrogen-bond donors (Lipinski definition) is 3. The largest absolute Gasteiger partial charge is 0.508 e. The average molecular weight is 798 g/mol. The molecule has 7 rings (SSSR count). The number of aliphatic hydroxyl groups is 2. The van der Waals surface area contributed by atoms with Gasteiger partial charge < -0.3 is 19.7 Å². The van der Waals surface area contributed by atoms with Crippen LogP contribution in [0.25, 0.3) is 11.6 Å². The molecule has 0 unspecified atom stereocenters. The Hall–Kier alpha value is -4.90. The number of carbonyl (C=O) groups excluding carboxylic acids is 2. The van der Waals surface area contributed by atoms with Crippen molar-refractivity contribution in [3.8, 4) is 5.75 Å². The highest BCUT2D eigenvalue weighted by molar-refractivity contribution is 7.09. The molecule has 1 aromatic heterocycles. The summed E-state index contributed by atoms with van der Waals surface area (Å²) in [4.78, 5) is 30.7. The molecule has 57 heavy (non-hydrogen) atoms. The van der Waals surface area contributed by atoms with Gasteiger partial charge in [-0.05, 0) is 86.1 Å². The van der Waals surface area contributed by atoms with Crippen LogP contribution in [0.2, 0.25) is 5.04 Å². The van der Waals surface area contributed by atoms with Crippen LogP contribution in [0.4, 0.5) is 0 Å². The minimum absolute atomic E-state index is 0.140. The van der Waals surface area contributed by atoms with E-state index in [2.05, 4.69) is 51.1 Å². The van der Waals surface area contributed by atoms with Crippen LogP contribution in [0, 0.1) is 17.8 Å². The molecule has 5 aromatic rings. The van der Waals surface area contributed by atoms with Crippen molar-refractivity contribution in [2.24, 2.45) is 17.8 Å². The van der Waals surface area contributed by atoms with Crippen LogP contribution in [0.5, 0.6) is 5.75 Å². The van der Waals surface area contributed by atoms with Crippen molar-refractivity contribution in [1.29, 1.82) is 0 Å². The van der Waals surface area contributed by atoms with Crippen LogP contribution in [0.1, 0.15) is 56.0 Å². The maximum atomic E-state index is 14.3. The first-order valence-electron chi connectivity index (χ1n) is 19.7. The Kier molecular flexibility index (Phi) is 12.2. The average Bonchev–Trinajstić information content (AvgIpc) is 3.83. The number of nitrogens with zero attached hydrogens (tertiary/aromatic N) is 1. The predicted molar refractivity (Wildman–Crippen MR) is 230 cm³/mol. The lowest BCUT2D eigenvalue weighted by Crippen LogP contribution is -2.66. The molecule has 0 radical (unpaired) electrons. The van der Waals surface area contributed by atoms with E-state index >= 15 is 0 Å². The first kappa shape index (κ1) is 40.3. The van der Waals surface area contributed by atoms with Crippen molar-refractivity contribution in [3.63, 3.8) is 0 Å². The molecule has 2 amide bonds. The monoisotopic (exact) mass is 797 g/mol. The lowest BCUT2D eigenvalue weighted by Gasteiger charge is -2.44. The van der Waals surface area contributed by atoms with Gasteiger partial charge in [0, 0.05) is 10.8 Å². The molecule has 2 heterocycles. The molecule has 4 aromatic carbocycles. The summed E-state index contributed by atoms with van der Waals surface area (Å²) in [5.41, 5.74) is 4.29. The highest BCUT2D eigenvalue weighted by Gasteiger charge is 2.56. The Morgan fingerprint density at radius 1 is 0.860 bits per heavy atom. The van der Waals surface area contributed by atoms with Gasteiger partial charge in [0.2, 0.25) is 11.8 Å². The second kappa shape index (κ2) is 17.3. The summed E-state index contributed by atoms with van der Waals surface area (Å²) in [5.74, 6) is -2.57. The third kappa shape index (κ3) is 8.26. The van der Waals surface area contributed by atoms with Gasteiger partial charge in [0.05, 0.1) is 37.7 Å². The van der Waals surface area contributed by atoms with Crippen molar-refractivity contribution >= 4 is 53.5 Å². The number of hydrogen-bond acceptors (Lipinski definition) is 7. The fourth-order valence-electron chi connectivity index (χ4n) is 9.00. The maximum absolute atomic E-state index is 14.3. The van der Waals surface area contributed by atoms with E-state index in [9.17, 15) is 24.9 Å². The van der Waals surface area contributed by atoms with E-state index in [1.54, 1.807) is 12.1 Å². The minimum atomic E-state index is -3.04.